The van der Waals surface area contributed by atoms with Crippen molar-refractivity contribution >= 4 is 23.2 Å². The van der Waals surface area contributed by atoms with E-state index < -0.39 is 4.92 Å². The second-order valence-electron chi connectivity index (χ2n) is 5.24. The van der Waals surface area contributed by atoms with Gasteiger partial charge < -0.3 is 5.32 Å². The highest BCUT2D eigenvalue weighted by Gasteiger charge is 2.22. The van der Waals surface area contributed by atoms with Crippen LogP contribution in [0, 0.1) is 17.0 Å². The average molecular weight is 297 g/mol. The molecule has 0 aromatic heterocycles. The second kappa shape index (κ2) is 6.22. The van der Waals surface area contributed by atoms with E-state index in [1.165, 1.54) is 12.1 Å². The van der Waals surface area contributed by atoms with E-state index in [-0.39, 0.29) is 23.0 Å². The molecule has 1 aromatic carbocycles. The van der Waals surface area contributed by atoms with Crippen LogP contribution in [0.25, 0.3) is 0 Å². The van der Waals surface area contributed by atoms with E-state index in [0.717, 1.165) is 25.7 Å². The highest BCUT2D eigenvalue weighted by atomic mass is 35.5. The molecule has 20 heavy (non-hydrogen) atoms. The molecule has 0 aliphatic heterocycles. The van der Waals surface area contributed by atoms with Gasteiger partial charge in [-0.15, -0.1) is 11.6 Å². The standard InChI is InChI=1S/C14H17ClN2O3/c1-9-6-10(8-13(7-9)17(19)20)14(18)16-12-4-2-11(15)3-5-12/h6-8,11-12H,2-5H2,1H3,(H,16,18). The number of hydrogen-bond acceptors (Lipinski definition) is 3. The zero-order chi connectivity index (χ0) is 14.7. The number of alkyl halides is 1. The maximum Gasteiger partial charge on any atom is 0.270 e. The second-order valence-corrected chi connectivity index (χ2v) is 5.85. The van der Waals surface area contributed by atoms with Crippen molar-refractivity contribution in [3.8, 4) is 0 Å². The number of benzene rings is 1. The third-order valence-corrected chi connectivity index (χ3v) is 3.96. The van der Waals surface area contributed by atoms with Gasteiger partial charge in [-0.1, -0.05) is 0 Å². The first-order valence-electron chi connectivity index (χ1n) is 6.66. The van der Waals surface area contributed by atoms with E-state index in [1.54, 1.807) is 13.0 Å². The minimum atomic E-state index is -0.484. The number of amides is 1. The zero-order valence-electron chi connectivity index (χ0n) is 11.3. The Labute approximate surface area is 122 Å². The number of nitrogens with one attached hydrogen (secondary N) is 1. The highest BCUT2D eigenvalue weighted by Crippen LogP contribution is 2.23. The summed E-state index contributed by atoms with van der Waals surface area (Å²) in [5.41, 5.74) is 0.984. The smallest absolute Gasteiger partial charge is 0.270 e. The summed E-state index contributed by atoms with van der Waals surface area (Å²) in [4.78, 5) is 22.5. The topological polar surface area (TPSA) is 72.2 Å². The Hall–Kier alpha value is -1.62. The predicted octanol–water partition coefficient (Wildman–Crippen LogP) is 3.18. The number of nitro benzene ring substituents is 1. The van der Waals surface area contributed by atoms with Crippen molar-refractivity contribution in [2.45, 2.75) is 44.0 Å². The van der Waals surface area contributed by atoms with Crippen LogP contribution in [0.15, 0.2) is 18.2 Å². The van der Waals surface area contributed by atoms with Crippen LogP contribution in [0.1, 0.15) is 41.6 Å². The van der Waals surface area contributed by atoms with E-state index in [0.29, 0.717) is 11.1 Å². The van der Waals surface area contributed by atoms with Crippen LogP contribution >= 0.6 is 11.6 Å². The van der Waals surface area contributed by atoms with Gasteiger partial charge in [0.2, 0.25) is 0 Å². The molecule has 0 saturated heterocycles. The van der Waals surface area contributed by atoms with Crippen LogP contribution < -0.4 is 5.32 Å². The van der Waals surface area contributed by atoms with Crippen molar-refractivity contribution in [2.75, 3.05) is 0 Å². The third-order valence-electron chi connectivity index (χ3n) is 3.53. The van der Waals surface area contributed by atoms with Crippen LogP contribution in [0.4, 0.5) is 5.69 Å². The number of rotatable bonds is 3. The van der Waals surface area contributed by atoms with Crippen molar-refractivity contribution in [3.63, 3.8) is 0 Å². The molecule has 5 nitrogen and oxygen atoms in total. The van der Waals surface area contributed by atoms with Crippen LogP contribution in [0.2, 0.25) is 0 Å². The number of nitro groups is 1. The van der Waals surface area contributed by atoms with Crippen molar-refractivity contribution in [1.29, 1.82) is 0 Å². The Morgan fingerprint density at radius 1 is 1.30 bits per heavy atom. The largest absolute Gasteiger partial charge is 0.349 e. The molecule has 0 unspecified atom stereocenters. The number of aryl methyl sites for hydroxylation is 1. The van der Waals surface area contributed by atoms with E-state index in [1.807, 2.05) is 0 Å². The summed E-state index contributed by atoms with van der Waals surface area (Å²) in [5, 5.41) is 13.9. The molecular weight excluding hydrogens is 280 g/mol. The molecule has 1 fully saturated rings. The van der Waals surface area contributed by atoms with E-state index >= 15 is 0 Å². The molecule has 1 aliphatic carbocycles. The number of nitrogens with zero attached hydrogens (tertiary/aromatic N) is 1. The van der Waals surface area contributed by atoms with Gasteiger partial charge in [0.1, 0.15) is 0 Å². The summed E-state index contributed by atoms with van der Waals surface area (Å²) in [6.07, 6.45) is 3.49. The van der Waals surface area contributed by atoms with Gasteiger partial charge in [0.15, 0.2) is 0 Å². The molecule has 0 atom stereocenters. The molecule has 1 aliphatic rings. The molecule has 0 bridgehead atoms. The molecule has 2 rings (SSSR count). The summed E-state index contributed by atoms with van der Waals surface area (Å²) in [6, 6.07) is 4.54. The minimum Gasteiger partial charge on any atom is -0.349 e. The van der Waals surface area contributed by atoms with Crippen LogP contribution in [0.3, 0.4) is 0 Å². The summed E-state index contributed by atoms with van der Waals surface area (Å²) >= 11 is 6.02. The number of non-ortho nitro benzene ring substituents is 1. The van der Waals surface area contributed by atoms with Crippen molar-refractivity contribution in [1.82, 2.24) is 5.32 Å². The zero-order valence-corrected chi connectivity index (χ0v) is 12.0. The molecular formula is C14H17ClN2O3. The normalized spacial score (nSPS) is 22.3. The fraction of sp³-hybridized carbons (Fsp3) is 0.500. The van der Waals surface area contributed by atoms with Gasteiger partial charge in [-0.3, -0.25) is 14.9 Å². The third kappa shape index (κ3) is 3.70. The maximum absolute atomic E-state index is 12.2. The Balaban J connectivity index is 2.07. The lowest BCUT2D eigenvalue weighted by atomic mass is 9.94. The fourth-order valence-corrected chi connectivity index (χ4v) is 2.72. The first-order valence-corrected chi connectivity index (χ1v) is 7.10. The number of halogens is 1. The van der Waals surface area contributed by atoms with Crippen molar-refractivity contribution in [3.05, 3.63) is 39.4 Å². The highest BCUT2D eigenvalue weighted by molar-refractivity contribution is 6.20. The Morgan fingerprint density at radius 2 is 1.95 bits per heavy atom. The fourth-order valence-electron chi connectivity index (χ4n) is 2.47. The molecule has 1 amide bonds. The lowest BCUT2D eigenvalue weighted by Gasteiger charge is -2.25. The molecule has 1 saturated carbocycles. The van der Waals surface area contributed by atoms with Crippen LogP contribution in [0.5, 0.6) is 0 Å². The molecule has 0 radical (unpaired) electrons. The monoisotopic (exact) mass is 296 g/mol. The average Bonchev–Trinajstić information content (AvgIpc) is 2.40. The van der Waals surface area contributed by atoms with E-state index in [2.05, 4.69) is 5.32 Å². The van der Waals surface area contributed by atoms with Crippen LogP contribution in [-0.2, 0) is 0 Å². The van der Waals surface area contributed by atoms with E-state index in [9.17, 15) is 14.9 Å². The van der Waals surface area contributed by atoms with Crippen molar-refractivity contribution < 1.29 is 9.72 Å². The van der Waals surface area contributed by atoms with Gasteiger partial charge in [-0.25, -0.2) is 0 Å². The Kier molecular flexibility index (Phi) is 4.60. The molecule has 6 heteroatoms. The maximum atomic E-state index is 12.2. The predicted molar refractivity (Wildman–Crippen MR) is 77.2 cm³/mol. The molecule has 1 aromatic rings. The van der Waals surface area contributed by atoms with E-state index in [4.69, 9.17) is 11.6 Å². The summed E-state index contributed by atoms with van der Waals surface area (Å²) in [6.45, 7) is 1.74. The summed E-state index contributed by atoms with van der Waals surface area (Å²) in [7, 11) is 0. The molecule has 108 valence electrons. The van der Waals surface area contributed by atoms with Gasteiger partial charge in [-0.2, -0.15) is 0 Å². The molecule has 0 heterocycles. The molecule has 0 spiro atoms. The Bertz CT molecular complexity index is 525. The lowest BCUT2D eigenvalue weighted by molar-refractivity contribution is -0.384. The van der Waals surface area contributed by atoms with Gasteiger partial charge in [0.05, 0.1) is 4.92 Å². The lowest BCUT2D eigenvalue weighted by Crippen LogP contribution is -2.37. The number of hydrogen-bond donors (Lipinski definition) is 1. The Morgan fingerprint density at radius 3 is 2.55 bits per heavy atom. The first kappa shape index (κ1) is 14.8. The van der Waals surface area contributed by atoms with Gasteiger partial charge >= 0.3 is 0 Å². The van der Waals surface area contributed by atoms with Gasteiger partial charge in [0.25, 0.3) is 11.6 Å². The quantitative estimate of drug-likeness (QED) is 0.529. The van der Waals surface area contributed by atoms with Gasteiger partial charge in [0, 0.05) is 29.1 Å². The summed E-state index contributed by atoms with van der Waals surface area (Å²) in [5.74, 6) is -0.255. The van der Waals surface area contributed by atoms with Crippen LogP contribution in [-0.4, -0.2) is 22.2 Å². The number of carbonyl (C=O) groups is 1. The molecule has 1 N–H and O–H groups in total. The SMILES string of the molecule is Cc1cc(C(=O)NC2CCC(Cl)CC2)cc([N+](=O)[O-])c1. The number of carbonyl (C=O) groups excluding carboxylic acids is 1. The van der Waals surface area contributed by atoms with Gasteiger partial charge in [-0.05, 0) is 44.2 Å². The minimum absolute atomic E-state index is 0.0559. The van der Waals surface area contributed by atoms with Crippen molar-refractivity contribution in [2.24, 2.45) is 0 Å². The summed E-state index contributed by atoms with van der Waals surface area (Å²) < 4.78 is 0. The first-order chi connectivity index (χ1) is 9.45.